The van der Waals surface area contributed by atoms with Crippen LogP contribution in [0.25, 0.3) is 0 Å². The van der Waals surface area contributed by atoms with Crippen molar-refractivity contribution in [3.8, 4) is 0 Å². The molecule has 0 aliphatic carbocycles. The third-order valence-corrected chi connectivity index (χ3v) is 5.06. The molecule has 14 heavy (non-hydrogen) atoms. The van der Waals surface area contributed by atoms with Crippen molar-refractivity contribution in [1.82, 2.24) is 0 Å². The van der Waals surface area contributed by atoms with Crippen LogP contribution < -0.4 is 0 Å². The molecular formula is C10H23NO2Si. The van der Waals surface area contributed by atoms with Crippen LogP contribution >= 0.6 is 0 Å². The van der Waals surface area contributed by atoms with Gasteiger partial charge in [0.25, 0.3) is 0 Å². The molecule has 0 aromatic carbocycles. The average Bonchev–Trinajstić information content (AvgIpc) is 2.13. The molecule has 0 spiro atoms. The van der Waals surface area contributed by atoms with Crippen LogP contribution in [0.1, 0.15) is 27.2 Å². The second-order valence-electron chi connectivity index (χ2n) is 3.27. The molecule has 0 radical (unpaired) electrons. The van der Waals surface area contributed by atoms with Crippen molar-refractivity contribution in [2.45, 2.75) is 39.8 Å². The molecule has 0 fully saturated rings. The molecule has 0 bridgehead atoms. The summed E-state index contributed by atoms with van der Waals surface area (Å²) in [5.41, 5.74) is 0. The Bertz CT molecular complexity index is 156. The van der Waals surface area contributed by atoms with Gasteiger partial charge in [0.15, 0.2) is 0 Å². The number of nitrogens with zero attached hydrogens (tertiary/aromatic N) is 1. The lowest BCUT2D eigenvalue weighted by Gasteiger charge is -2.25. The van der Waals surface area contributed by atoms with E-state index in [9.17, 15) is 0 Å². The fraction of sp³-hybridized carbons (Fsp3) is 0.900. The summed E-state index contributed by atoms with van der Waals surface area (Å²) in [6.45, 7) is 10.5. The fourth-order valence-electron chi connectivity index (χ4n) is 1.42. The monoisotopic (exact) mass is 217 g/mol. The van der Waals surface area contributed by atoms with Gasteiger partial charge in [0, 0.05) is 19.8 Å². The molecule has 0 aromatic rings. The summed E-state index contributed by atoms with van der Waals surface area (Å²) in [6.07, 6.45) is 2.91. The molecule has 0 aliphatic heterocycles. The van der Waals surface area contributed by atoms with Gasteiger partial charge < -0.3 is 8.85 Å². The minimum atomic E-state index is -1.87. The fourth-order valence-corrected chi connectivity index (χ4v) is 3.81. The van der Waals surface area contributed by atoms with Crippen LogP contribution in [0.4, 0.5) is 0 Å². The van der Waals surface area contributed by atoms with E-state index in [4.69, 9.17) is 8.85 Å². The molecule has 0 saturated carbocycles. The maximum absolute atomic E-state index is 5.71. The van der Waals surface area contributed by atoms with Gasteiger partial charge in [0.2, 0.25) is 0 Å². The Morgan fingerprint density at radius 3 is 2.21 bits per heavy atom. The van der Waals surface area contributed by atoms with E-state index in [1.807, 2.05) is 27.0 Å². The first-order chi connectivity index (χ1) is 6.68. The SMILES string of the molecule is CC=NCCC[Si](C)(OCC)OCC. The normalized spacial score (nSPS) is 12.6. The van der Waals surface area contributed by atoms with E-state index >= 15 is 0 Å². The number of aliphatic imine (C=N–C) groups is 1. The smallest absolute Gasteiger partial charge is 0.334 e. The molecule has 3 nitrogen and oxygen atoms in total. The Morgan fingerprint density at radius 1 is 1.21 bits per heavy atom. The molecule has 0 aromatic heterocycles. The first kappa shape index (κ1) is 13.8. The Balaban J connectivity index is 3.82. The van der Waals surface area contributed by atoms with Crippen LogP contribution in [-0.4, -0.2) is 34.5 Å². The second kappa shape index (κ2) is 8.14. The van der Waals surface area contributed by atoms with Gasteiger partial charge in [-0.3, -0.25) is 4.99 Å². The standard InChI is InChI=1S/C10H23NO2Si/c1-5-11-9-8-10-14(4,12-6-2)13-7-3/h5H,6-10H2,1-4H3. The molecule has 0 aliphatic rings. The summed E-state index contributed by atoms with van der Waals surface area (Å²) in [5, 5.41) is 0. The van der Waals surface area contributed by atoms with Crippen LogP contribution in [0, 0.1) is 0 Å². The minimum Gasteiger partial charge on any atom is -0.395 e. The van der Waals surface area contributed by atoms with E-state index in [1.165, 1.54) is 0 Å². The van der Waals surface area contributed by atoms with E-state index in [-0.39, 0.29) is 0 Å². The Kier molecular flexibility index (Phi) is 8.03. The zero-order valence-electron chi connectivity index (χ0n) is 9.88. The predicted octanol–water partition coefficient (Wildman–Crippen LogP) is 2.61. The first-order valence-corrected chi connectivity index (χ1v) is 7.93. The van der Waals surface area contributed by atoms with E-state index < -0.39 is 8.56 Å². The summed E-state index contributed by atoms with van der Waals surface area (Å²) >= 11 is 0. The largest absolute Gasteiger partial charge is 0.395 e. The Hall–Kier alpha value is -0.193. The number of hydrogen-bond donors (Lipinski definition) is 0. The maximum Gasteiger partial charge on any atom is 0.334 e. The van der Waals surface area contributed by atoms with E-state index in [1.54, 1.807) is 0 Å². The Morgan fingerprint density at radius 2 is 1.79 bits per heavy atom. The molecule has 0 atom stereocenters. The third-order valence-electron chi connectivity index (χ3n) is 2.00. The topological polar surface area (TPSA) is 30.8 Å². The van der Waals surface area contributed by atoms with E-state index in [2.05, 4.69) is 11.5 Å². The molecule has 0 unspecified atom stereocenters. The molecule has 0 amide bonds. The molecule has 0 heterocycles. The van der Waals surface area contributed by atoms with Gasteiger partial charge in [-0.15, -0.1) is 0 Å². The third kappa shape index (κ3) is 6.29. The average molecular weight is 217 g/mol. The lowest BCUT2D eigenvalue weighted by molar-refractivity contribution is 0.188. The van der Waals surface area contributed by atoms with Gasteiger partial charge in [0.1, 0.15) is 0 Å². The van der Waals surface area contributed by atoms with Crippen LogP contribution in [0.5, 0.6) is 0 Å². The summed E-state index contributed by atoms with van der Waals surface area (Å²) < 4.78 is 11.4. The quantitative estimate of drug-likeness (QED) is 0.355. The predicted molar refractivity (Wildman–Crippen MR) is 63.3 cm³/mol. The van der Waals surface area contributed by atoms with Crippen molar-refractivity contribution in [1.29, 1.82) is 0 Å². The zero-order chi connectivity index (χ0) is 10.9. The van der Waals surface area contributed by atoms with Crippen molar-refractivity contribution in [3.63, 3.8) is 0 Å². The summed E-state index contributed by atoms with van der Waals surface area (Å²) in [7, 11) is -1.87. The van der Waals surface area contributed by atoms with E-state index in [0.29, 0.717) is 0 Å². The minimum absolute atomic E-state index is 0.750. The van der Waals surface area contributed by atoms with Gasteiger partial charge in [0.05, 0.1) is 0 Å². The molecule has 0 rings (SSSR count). The van der Waals surface area contributed by atoms with E-state index in [0.717, 1.165) is 32.2 Å². The van der Waals surface area contributed by atoms with Crippen LogP contribution in [0.15, 0.2) is 4.99 Å². The lowest BCUT2D eigenvalue weighted by atomic mass is 10.5. The zero-order valence-corrected chi connectivity index (χ0v) is 10.9. The van der Waals surface area contributed by atoms with Crippen LogP contribution in [0.3, 0.4) is 0 Å². The van der Waals surface area contributed by atoms with Crippen molar-refractivity contribution < 1.29 is 8.85 Å². The highest BCUT2D eigenvalue weighted by Gasteiger charge is 2.29. The molecule has 84 valence electrons. The van der Waals surface area contributed by atoms with Gasteiger partial charge in [-0.1, -0.05) is 0 Å². The molecule has 0 saturated heterocycles. The van der Waals surface area contributed by atoms with Gasteiger partial charge in [-0.25, -0.2) is 0 Å². The highest BCUT2D eigenvalue weighted by molar-refractivity contribution is 6.66. The highest BCUT2D eigenvalue weighted by atomic mass is 28.4. The first-order valence-electron chi connectivity index (χ1n) is 5.41. The highest BCUT2D eigenvalue weighted by Crippen LogP contribution is 2.15. The number of hydrogen-bond acceptors (Lipinski definition) is 3. The van der Waals surface area contributed by atoms with Crippen LogP contribution in [0.2, 0.25) is 12.6 Å². The van der Waals surface area contributed by atoms with Crippen molar-refractivity contribution in [2.24, 2.45) is 4.99 Å². The summed E-state index contributed by atoms with van der Waals surface area (Å²) in [4.78, 5) is 4.18. The van der Waals surface area contributed by atoms with Crippen molar-refractivity contribution in [3.05, 3.63) is 0 Å². The van der Waals surface area contributed by atoms with Gasteiger partial charge in [-0.05, 0) is 46.0 Å². The summed E-state index contributed by atoms with van der Waals surface area (Å²) in [5.74, 6) is 0. The maximum atomic E-state index is 5.71. The molecule has 0 N–H and O–H groups in total. The Labute approximate surface area is 88.8 Å². The van der Waals surface area contributed by atoms with Crippen LogP contribution in [-0.2, 0) is 8.85 Å². The number of rotatable bonds is 8. The van der Waals surface area contributed by atoms with Gasteiger partial charge >= 0.3 is 8.56 Å². The molecule has 4 heteroatoms. The molecular weight excluding hydrogens is 194 g/mol. The summed E-state index contributed by atoms with van der Waals surface area (Å²) in [6, 6.07) is 1.03. The van der Waals surface area contributed by atoms with Gasteiger partial charge in [-0.2, -0.15) is 0 Å². The van der Waals surface area contributed by atoms with Crippen molar-refractivity contribution in [2.75, 3.05) is 19.8 Å². The lowest BCUT2D eigenvalue weighted by Crippen LogP contribution is -2.38. The van der Waals surface area contributed by atoms with Crippen molar-refractivity contribution >= 4 is 14.8 Å². The second-order valence-corrected chi connectivity index (χ2v) is 6.61.